The molecule has 0 aromatic heterocycles. The van der Waals surface area contributed by atoms with E-state index in [4.69, 9.17) is 0 Å². The molecule has 9 heteroatoms. The maximum absolute atomic E-state index is 16.2. The first-order valence-corrected chi connectivity index (χ1v) is 13.7. The number of amides is 1. The molecule has 1 aliphatic heterocycles. The summed E-state index contributed by atoms with van der Waals surface area (Å²) in [5.41, 5.74) is 3.13. The highest BCUT2D eigenvalue weighted by Gasteiger charge is 2.23. The standard InChI is InChI=1S/C31H39F2N5O2/c1-6-37(13-8-14-38-12-7-9-30(38)40)31(36(4)5)28(33)18-27-24(20-39)15-21(2)16-26(27)22(3)35-29-11-10-25(32)17-23(29)19-34/h10-11,15-17,20,22,35H,6-9,12-14,18H2,1-5H3/b31-28-/t22-/m1/s1. The lowest BCUT2D eigenvalue weighted by Gasteiger charge is -2.32. The Bertz CT molecular complexity index is 1300. The molecule has 3 rings (SSSR count). The molecular formula is C31H39F2N5O2. The number of carbonyl (C=O) groups excluding carboxylic acids is 2. The molecule has 1 heterocycles. The number of rotatable bonds is 13. The highest BCUT2D eigenvalue weighted by Crippen LogP contribution is 2.31. The van der Waals surface area contributed by atoms with E-state index in [1.54, 1.807) is 25.1 Å². The van der Waals surface area contributed by atoms with Crippen LogP contribution in [0, 0.1) is 24.1 Å². The Labute approximate surface area is 236 Å². The predicted octanol–water partition coefficient (Wildman–Crippen LogP) is 5.57. The van der Waals surface area contributed by atoms with E-state index in [2.05, 4.69) is 5.32 Å². The summed E-state index contributed by atoms with van der Waals surface area (Å²) >= 11 is 0. The normalized spacial score (nSPS) is 14.4. The Morgan fingerprint density at radius 2 is 2.02 bits per heavy atom. The molecule has 0 saturated carbocycles. The van der Waals surface area contributed by atoms with Crippen molar-refractivity contribution in [3.05, 3.63) is 75.6 Å². The minimum absolute atomic E-state index is 0.0984. The molecule has 1 atom stereocenters. The number of carbonyl (C=O) groups is 2. The van der Waals surface area contributed by atoms with Crippen LogP contribution in [0.25, 0.3) is 0 Å². The van der Waals surface area contributed by atoms with E-state index in [0.29, 0.717) is 48.7 Å². The quantitative estimate of drug-likeness (QED) is 0.328. The lowest BCUT2D eigenvalue weighted by molar-refractivity contribution is -0.127. The number of aryl methyl sites for hydroxylation is 1. The fourth-order valence-corrected chi connectivity index (χ4v) is 5.35. The number of allylic oxidation sites excluding steroid dienone is 1. The highest BCUT2D eigenvalue weighted by molar-refractivity contribution is 5.79. The van der Waals surface area contributed by atoms with Crippen molar-refractivity contribution in [2.75, 3.05) is 45.6 Å². The number of benzene rings is 2. The van der Waals surface area contributed by atoms with E-state index in [-0.39, 0.29) is 23.7 Å². The maximum Gasteiger partial charge on any atom is 0.222 e. The number of aldehydes is 1. The average Bonchev–Trinajstić information content (AvgIpc) is 3.33. The number of nitrogens with zero attached hydrogens (tertiary/aromatic N) is 4. The van der Waals surface area contributed by atoms with Crippen LogP contribution in [0.2, 0.25) is 0 Å². The summed E-state index contributed by atoms with van der Waals surface area (Å²) in [4.78, 5) is 29.7. The molecule has 0 spiro atoms. The summed E-state index contributed by atoms with van der Waals surface area (Å²) in [7, 11) is 3.58. The molecule has 214 valence electrons. The fourth-order valence-electron chi connectivity index (χ4n) is 5.35. The van der Waals surface area contributed by atoms with Crippen molar-refractivity contribution in [2.24, 2.45) is 0 Å². The molecule has 0 unspecified atom stereocenters. The van der Waals surface area contributed by atoms with Crippen LogP contribution < -0.4 is 5.32 Å². The van der Waals surface area contributed by atoms with Gasteiger partial charge in [-0.15, -0.1) is 0 Å². The molecule has 1 fully saturated rings. The number of likely N-dealkylation sites (tertiary alicyclic amines) is 1. The van der Waals surface area contributed by atoms with Gasteiger partial charge in [0.15, 0.2) is 0 Å². The summed E-state index contributed by atoms with van der Waals surface area (Å²) in [6, 6.07) is 9.18. The van der Waals surface area contributed by atoms with Crippen LogP contribution in [0.1, 0.15) is 71.8 Å². The Hall–Kier alpha value is -3.93. The third-order valence-electron chi connectivity index (χ3n) is 7.24. The Kier molecular flexibility index (Phi) is 10.7. The molecule has 2 aromatic rings. The van der Waals surface area contributed by atoms with Crippen LogP contribution in [0.15, 0.2) is 42.0 Å². The molecule has 1 N–H and O–H groups in total. The Morgan fingerprint density at radius 1 is 1.27 bits per heavy atom. The minimum Gasteiger partial charge on any atom is -0.377 e. The Balaban J connectivity index is 1.92. The number of halogens is 2. The summed E-state index contributed by atoms with van der Waals surface area (Å²) in [6.45, 7) is 8.29. The first kappa shape index (κ1) is 30.6. The average molecular weight is 552 g/mol. The van der Waals surface area contributed by atoms with Gasteiger partial charge in [-0.1, -0.05) is 11.6 Å². The van der Waals surface area contributed by atoms with Crippen molar-refractivity contribution in [3.63, 3.8) is 0 Å². The molecule has 1 saturated heterocycles. The van der Waals surface area contributed by atoms with Crippen molar-refractivity contribution in [2.45, 2.75) is 52.5 Å². The van der Waals surface area contributed by atoms with Crippen molar-refractivity contribution in [3.8, 4) is 6.07 Å². The molecule has 40 heavy (non-hydrogen) atoms. The van der Waals surface area contributed by atoms with E-state index < -0.39 is 11.9 Å². The van der Waals surface area contributed by atoms with Crippen molar-refractivity contribution < 1.29 is 18.4 Å². The van der Waals surface area contributed by atoms with Gasteiger partial charge in [0, 0.05) is 64.7 Å². The van der Waals surface area contributed by atoms with Crippen LogP contribution in [-0.4, -0.2) is 67.2 Å². The van der Waals surface area contributed by atoms with Gasteiger partial charge >= 0.3 is 0 Å². The van der Waals surface area contributed by atoms with Crippen LogP contribution in [-0.2, 0) is 11.2 Å². The lowest BCUT2D eigenvalue weighted by Crippen LogP contribution is -2.35. The van der Waals surface area contributed by atoms with Gasteiger partial charge < -0.3 is 20.0 Å². The summed E-state index contributed by atoms with van der Waals surface area (Å²) in [6.07, 6.45) is 2.85. The maximum atomic E-state index is 16.2. The van der Waals surface area contributed by atoms with Gasteiger partial charge in [0.2, 0.25) is 5.91 Å². The van der Waals surface area contributed by atoms with E-state index in [1.807, 2.05) is 42.7 Å². The monoisotopic (exact) mass is 551 g/mol. The van der Waals surface area contributed by atoms with Gasteiger partial charge in [-0.2, -0.15) is 5.26 Å². The SMILES string of the molecule is CCN(CCCN1CCCC1=O)/C(=C(\F)Cc1c(C=O)cc(C)cc1[C@@H](C)Nc1ccc(F)cc1C#N)N(C)C. The van der Waals surface area contributed by atoms with E-state index >= 15 is 4.39 Å². The first-order valence-electron chi connectivity index (χ1n) is 13.7. The molecule has 0 aliphatic carbocycles. The zero-order valence-corrected chi connectivity index (χ0v) is 24.1. The molecule has 2 aromatic carbocycles. The van der Waals surface area contributed by atoms with E-state index in [1.165, 1.54) is 12.1 Å². The van der Waals surface area contributed by atoms with E-state index in [0.717, 1.165) is 42.9 Å². The molecular weight excluding hydrogens is 512 g/mol. The molecule has 7 nitrogen and oxygen atoms in total. The van der Waals surface area contributed by atoms with Crippen LogP contribution in [0.4, 0.5) is 14.5 Å². The minimum atomic E-state index is -0.509. The van der Waals surface area contributed by atoms with Gasteiger partial charge in [-0.3, -0.25) is 9.59 Å². The number of anilines is 1. The number of nitrogens with one attached hydrogen (secondary N) is 1. The molecule has 0 bridgehead atoms. The second-order valence-electron chi connectivity index (χ2n) is 10.4. The van der Waals surface area contributed by atoms with Gasteiger partial charge in [0.05, 0.1) is 11.3 Å². The molecule has 0 radical (unpaired) electrons. The zero-order valence-electron chi connectivity index (χ0n) is 24.1. The second-order valence-corrected chi connectivity index (χ2v) is 10.4. The number of hydrogen-bond acceptors (Lipinski definition) is 6. The van der Waals surface area contributed by atoms with Gasteiger partial charge in [-0.05, 0) is 69.0 Å². The Morgan fingerprint density at radius 3 is 2.62 bits per heavy atom. The van der Waals surface area contributed by atoms with E-state index in [9.17, 15) is 19.2 Å². The largest absolute Gasteiger partial charge is 0.377 e. The smallest absolute Gasteiger partial charge is 0.222 e. The third kappa shape index (κ3) is 7.38. The fraction of sp³-hybridized carbons (Fsp3) is 0.452. The number of nitriles is 1. The summed E-state index contributed by atoms with van der Waals surface area (Å²) < 4.78 is 29.9. The molecule has 1 amide bonds. The van der Waals surface area contributed by atoms with Crippen molar-refractivity contribution in [1.82, 2.24) is 14.7 Å². The molecule has 1 aliphatic rings. The third-order valence-corrected chi connectivity index (χ3v) is 7.24. The predicted molar refractivity (Wildman–Crippen MR) is 153 cm³/mol. The summed E-state index contributed by atoms with van der Waals surface area (Å²) in [5, 5.41) is 12.7. The highest BCUT2D eigenvalue weighted by atomic mass is 19.1. The van der Waals surface area contributed by atoms with Gasteiger partial charge in [-0.25, -0.2) is 8.78 Å². The number of hydrogen-bond donors (Lipinski definition) is 1. The van der Waals surface area contributed by atoms with Crippen molar-refractivity contribution in [1.29, 1.82) is 5.26 Å². The van der Waals surface area contributed by atoms with Gasteiger partial charge in [0.1, 0.15) is 29.8 Å². The van der Waals surface area contributed by atoms with Crippen molar-refractivity contribution >= 4 is 17.9 Å². The van der Waals surface area contributed by atoms with Gasteiger partial charge in [0.25, 0.3) is 0 Å². The second kappa shape index (κ2) is 13.9. The lowest BCUT2D eigenvalue weighted by atomic mass is 9.91. The van der Waals surface area contributed by atoms with Crippen LogP contribution in [0.3, 0.4) is 0 Å². The topological polar surface area (TPSA) is 79.7 Å². The first-order chi connectivity index (χ1) is 19.1. The zero-order chi connectivity index (χ0) is 29.4. The van der Waals surface area contributed by atoms with Crippen LogP contribution in [0.5, 0.6) is 0 Å². The summed E-state index contributed by atoms with van der Waals surface area (Å²) in [5.74, 6) is -0.269. The van der Waals surface area contributed by atoms with Crippen LogP contribution >= 0.6 is 0 Å².